The zero-order chi connectivity index (χ0) is 9.03. The largest absolute Gasteiger partial charge is 0.480 e. The first-order valence-electron chi connectivity index (χ1n) is 3.64. The summed E-state index contributed by atoms with van der Waals surface area (Å²) in [5, 5.41) is 19.8. The summed E-state index contributed by atoms with van der Waals surface area (Å²) in [4.78, 5) is 10.7. The van der Waals surface area contributed by atoms with Crippen molar-refractivity contribution in [2.75, 3.05) is 19.8 Å². The Bertz CT molecular complexity index is 217. The fourth-order valence-corrected chi connectivity index (χ4v) is 0.965. The van der Waals surface area contributed by atoms with E-state index in [1.54, 1.807) is 0 Å². The van der Waals surface area contributed by atoms with Crippen LogP contribution < -0.4 is 5.32 Å². The Balaban J connectivity index is 2.36. The van der Waals surface area contributed by atoms with Crippen LogP contribution in [0.4, 0.5) is 0 Å². The summed E-state index contributed by atoms with van der Waals surface area (Å²) < 4.78 is 4.80. The van der Waals surface area contributed by atoms with Gasteiger partial charge in [-0.25, -0.2) is 0 Å². The zero-order valence-corrected chi connectivity index (χ0v) is 6.54. The van der Waals surface area contributed by atoms with Crippen LogP contribution in [0.3, 0.4) is 0 Å². The molecule has 5 nitrogen and oxygen atoms in total. The number of aliphatic carboxylic acids is 1. The smallest absolute Gasteiger partial charge is 0.328 e. The number of hydrogen-bond acceptors (Lipinski definition) is 4. The van der Waals surface area contributed by atoms with Crippen molar-refractivity contribution in [3.63, 3.8) is 0 Å². The van der Waals surface area contributed by atoms with Crippen molar-refractivity contribution >= 4 is 5.97 Å². The molecule has 0 aromatic heterocycles. The number of nitriles is 1. The average molecular weight is 170 g/mol. The van der Waals surface area contributed by atoms with Gasteiger partial charge in [-0.05, 0) is 0 Å². The molecule has 0 spiro atoms. The van der Waals surface area contributed by atoms with E-state index >= 15 is 0 Å². The number of rotatable bonds is 4. The number of carboxylic acid groups (broad SMARTS) is 1. The summed E-state index contributed by atoms with van der Waals surface area (Å²) in [6, 6.07) is 1.93. The summed E-state index contributed by atoms with van der Waals surface area (Å²) in [5.74, 6) is -0.910. The molecule has 1 aliphatic heterocycles. The van der Waals surface area contributed by atoms with Crippen LogP contribution in [-0.4, -0.2) is 36.4 Å². The van der Waals surface area contributed by atoms with E-state index < -0.39 is 11.5 Å². The monoisotopic (exact) mass is 170 g/mol. The third kappa shape index (κ3) is 1.55. The second-order valence-electron chi connectivity index (χ2n) is 2.71. The van der Waals surface area contributed by atoms with Gasteiger partial charge < -0.3 is 9.84 Å². The fourth-order valence-electron chi connectivity index (χ4n) is 0.965. The van der Waals surface area contributed by atoms with Crippen molar-refractivity contribution < 1.29 is 14.6 Å². The molecule has 0 radical (unpaired) electrons. The highest BCUT2D eigenvalue weighted by Gasteiger charge is 2.45. The summed E-state index contributed by atoms with van der Waals surface area (Å²) >= 11 is 0. The van der Waals surface area contributed by atoms with Crippen LogP contribution in [0.2, 0.25) is 0 Å². The van der Waals surface area contributed by atoms with Gasteiger partial charge >= 0.3 is 5.97 Å². The first-order chi connectivity index (χ1) is 5.71. The topological polar surface area (TPSA) is 82.4 Å². The first kappa shape index (κ1) is 8.97. The Morgan fingerprint density at radius 3 is 2.75 bits per heavy atom. The van der Waals surface area contributed by atoms with Gasteiger partial charge in [0.25, 0.3) is 0 Å². The van der Waals surface area contributed by atoms with Crippen molar-refractivity contribution in [1.82, 2.24) is 5.32 Å². The van der Waals surface area contributed by atoms with Gasteiger partial charge in [-0.3, -0.25) is 10.1 Å². The third-order valence-corrected chi connectivity index (χ3v) is 1.81. The maximum Gasteiger partial charge on any atom is 0.328 e. The molecule has 0 aromatic rings. The van der Waals surface area contributed by atoms with Crippen LogP contribution >= 0.6 is 0 Å². The molecule has 1 saturated heterocycles. The van der Waals surface area contributed by atoms with Gasteiger partial charge in [-0.1, -0.05) is 0 Å². The number of nitrogens with one attached hydrogen (secondary N) is 1. The Morgan fingerprint density at radius 2 is 2.42 bits per heavy atom. The Morgan fingerprint density at radius 1 is 1.75 bits per heavy atom. The second kappa shape index (κ2) is 3.52. The van der Waals surface area contributed by atoms with Crippen LogP contribution in [0.25, 0.3) is 0 Å². The van der Waals surface area contributed by atoms with Crippen LogP contribution in [0, 0.1) is 11.3 Å². The number of carboxylic acids is 1. The Hall–Kier alpha value is -1.12. The van der Waals surface area contributed by atoms with E-state index in [1.807, 2.05) is 6.07 Å². The van der Waals surface area contributed by atoms with E-state index in [9.17, 15) is 4.79 Å². The van der Waals surface area contributed by atoms with Crippen LogP contribution in [0.1, 0.15) is 6.42 Å². The molecule has 0 saturated carbocycles. The maximum absolute atomic E-state index is 10.7. The molecule has 0 amide bonds. The molecule has 0 bridgehead atoms. The average Bonchev–Trinajstić information content (AvgIpc) is 1.94. The Kier molecular flexibility index (Phi) is 2.63. The van der Waals surface area contributed by atoms with E-state index in [2.05, 4.69) is 5.32 Å². The molecule has 1 heterocycles. The molecule has 0 unspecified atom stereocenters. The lowest BCUT2D eigenvalue weighted by Gasteiger charge is -2.37. The lowest BCUT2D eigenvalue weighted by atomic mass is 9.98. The van der Waals surface area contributed by atoms with Gasteiger partial charge in [0.2, 0.25) is 0 Å². The van der Waals surface area contributed by atoms with Gasteiger partial charge in [-0.2, -0.15) is 5.26 Å². The molecule has 66 valence electrons. The molecule has 2 N–H and O–H groups in total. The van der Waals surface area contributed by atoms with Gasteiger partial charge in [0.15, 0.2) is 5.54 Å². The van der Waals surface area contributed by atoms with Crippen LogP contribution in [0.5, 0.6) is 0 Å². The highest BCUT2D eigenvalue weighted by atomic mass is 16.5. The summed E-state index contributed by atoms with van der Waals surface area (Å²) in [5.41, 5.74) is -0.934. The molecular formula is C7H10N2O3. The molecule has 12 heavy (non-hydrogen) atoms. The van der Waals surface area contributed by atoms with Crippen LogP contribution in [-0.2, 0) is 9.53 Å². The molecule has 1 rings (SSSR count). The lowest BCUT2D eigenvalue weighted by molar-refractivity contribution is -0.165. The molecule has 1 aliphatic rings. The van der Waals surface area contributed by atoms with E-state index in [0.29, 0.717) is 13.0 Å². The Labute approximate surface area is 69.9 Å². The zero-order valence-electron chi connectivity index (χ0n) is 6.54. The fraction of sp³-hybridized carbons (Fsp3) is 0.714. The van der Waals surface area contributed by atoms with Crippen molar-refractivity contribution in [3.05, 3.63) is 0 Å². The van der Waals surface area contributed by atoms with Crippen molar-refractivity contribution in [2.45, 2.75) is 12.0 Å². The van der Waals surface area contributed by atoms with Gasteiger partial charge in [0, 0.05) is 13.0 Å². The molecular weight excluding hydrogens is 160 g/mol. The summed E-state index contributed by atoms with van der Waals surface area (Å²) in [7, 11) is 0. The van der Waals surface area contributed by atoms with E-state index in [4.69, 9.17) is 15.1 Å². The third-order valence-electron chi connectivity index (χ3n) is 1.81. The van der Waals surface area contributed by atoms with Crippen molar-refractivity contribution in [3.8, 4) is 6.07 Å². The van der Waals surface area contributed by atoms with Gasteiger partial charge in [0.1, 0.15) is 0 Å². The standard InChI is InChI=1S/C7H10N2O3/c8-2-1-3-9-7(6(10)11)4-12-5-7/h9H,1,3-5H2,(H,10,11). The number of carbonyl (C=O) groups is 1. The first-order valence-corrected chi connectivity index (χ1v) is 3.64. The lowest BCUT2D eigenvalue weighted by Crippen LogP contribution is -2.65. The predicted molar refractivity (Wildman–Crippen MR) is 39.4 cm³/mol. The number of nitrogens with zero attached hydrogens (tertiary/aromatic N) is 1. The molecule has 1 fully saturated rings. The molecule has 5 heteroatoms. The highest BCUT2D eigenvalue weighted by Crippen LogP contribution is 2.16. The normalized spacial score (nSPS) is 19.2. The summed E-state index contributed by atoms with van der Waals surface area (Å²) in [6.07, 6.45) is 0.315. The highest BCUT2D eigenvalue weighted by molar-refractivity contribution is 5.80. The van der Waals surface area contributed by atoms with E-state index in [0.717, 1.165) is 0 Å². The van der Waals surface area contributed by atoms with Gasteiger partial charge in [0.05, 0.1) is 19.3 Å². The minimum atomic E-state index is -0.934. The van der Waals surface area contributed by atoms with Crippen LogP contribution in [0.15, 0.2) is 0 Å². The van der Waals surface area contributed by atoms with E-state index in [-0.39, 0.29) is 13.2 Å². The predicted octanol–water partition coefficient (Wildman–Crippen LogP) is -0.657. The molecule has 0 aliphatic carbocycles. The number of hydrogen-bond donors (Lipinski definition) is 2. The minimum absolute atomic E-state index is 0.188. The summed E-state index contributed by atoms with van der Waals surface area (Å²) in [6.45, 7) is 0.772. The van der Waals surface area contributed by atoms with Crippen molar-refractivity contribution in [2.24, 2.45) is 0 Å². The second-order valence-corrected chi connectivity index (χ2v) is 2.71. The molecule has 0 atom stereocenters. The maximum atomic E-state index is 10.7. The van der Waals surface area contributed by atoms with Gasteiger partial charge in [-0.15, -0.1) is 0 Å². The van der Waals surface area contributed by atoms with E-state index in [1.165, 1.54) is 0 Å². The van der Waals surface area contributed by atoms with Crippen molar-refractivity contribution in [1.29, 1.82) is 5.26 Å². The molecule has 0 aromatic carbocycles. The quantitative estimate of drug-likeness (QED) is 0.547. The SMILES string of the molecule is N#CCCNC1(C(=O)O)COC1. The minimum Gasteiger partial charge on any atom is -0.480 e. The number of ether oxygens (including phenoxy) is 1.